The molecule has 1 aliphatic rings. The second kappa shape index (κ2) is 10.1. The van der Waals surface area contributed by atoms with Crippen LogP contribution in [0.5, 0.6) is 0 Å². The Morgan fingerprint density at radius 3 is 2.48 bits per heavy atom. The third-order valence-corrected chi connectivity index (χ3v) is 6.88. The molecule has 1 fully saturated rings. The standard InChI is InChI=1S/C17H24N2O6S2/c1-3-25-16(20)12-26-13(2)17(21)18-14-4-6-15(7-5-14)27(22,23)19-8-10-24-11-9-19/h4-7,13H,3,8-12H2,1-2H3,(H,18,21)/t13-/m1/s1. The fraction of sp³-hybridized carbons (Fsp3) is 0.529. The van der Waals surface area contributed by atoms with Crippen molar-refractivity contribution < 1.29 is 27.5 Å². The van der Waals surface area contributed by atoms with Gasteiger partial charge in [-0.1, -0.05) is 0 Å². The van der Waals surface area contributed by atoms with E-state index in [1.165, 1.54) is 28.2 Å². The summed E-state index contributed by atoms with van der Waals surface area (Å²) in [6, 6.07) is 6.04. The van der Waals surface area contributed by atoms with Crippen molar-refractivity contribution in [3.8, 4) is 0 Å². The van der Waals surface area contributed by atoms with Gasteiger partial charge in [-0.15, -0.1) is 11.8 Å². The number of rotatable bonds is 8. The molecule has 2 rings (SSSR count). The maximum absolute atomic E-state index is 12.6. The summed E-state index contributed by atoms with van der Waals surface area (Å²) in [4.78, 5) is 23.7. The van der Waals surface area contributed by atoms with E-state index in [9.17, 15) is 18.0 Å². The molecule has 8 nitrogen and oxygen atoms in total. The summed E-state index contributed by atoms with van der Waals surface area (Å²) < 4.78 is 36.5. The van der Waals surface area contributed by atoms with Gasteiger partial charge < -0.3 is 14.8 Å². The van der Waals surface area contributed by atoms with Gasteiger partial charge in [0.15, 0.2) is 0 Å². The van der Waals surface area contributed by atoms with E-state index in [0.717, 1.165) is 0 Å². The summed E-state index contributed by atoms with van der Waals surface area (Å²) >= 11 is 1.18. The largest absolute Gasteiger partial charge is 0.465 e. The van der Waals surface area contributed by atoms with Gasteiger partial charge >= 0.3 is 5.97 Å². The number of anilines is 1. The van der Waals surface area contributed by atoms with Crippen LogP contribution in [-0.4, -0.2) is 68.5 Å². The predicted octanol–water partition coefficient (Wildman–Crippen LogP) is 1.33. The van der Waals surface area contributed by atoms with E-state index in [1.54, 1.807) is 26.0 Å². The maximum atomic E-state index is 12.6. The Bertz CT molecular complexity index is 745. The number of carbonyl (C=O) groups excluding carboxylic acids is 2. The number of hydrogen-bond donors (Lipinski definition) is 1. The van der Waals surface area contributed by atoms with Crippen LogP contribution in [0.3, 0.4) is 0 Å². The molecule has 1 saturated heterocycles. The molecule has 1 N–H and O–H groups in total. The number of benzene rings is 1. The van der Waals surface area contributed by atoms with Gasteiger partial charge in [0.1, 0.15) is 0 Å². The molecule has 0 saturated carbocycles. The first-order chi connectivity index (χ1) is 12.8. The highest BCUT2D eigenvalue weighted by Crippen LogP contribution is 2.20. The van der Waals surface area contributed by atoms with Crippen LogP contribution in [0.4, 0.5) is 5.69 Å². The van der Waals surface area contributed by atoms with E-state index >= 15 is 0 Å². The number of ether oxygens (including phenoxy) is 2. The molecule has 0 unspecified atom stereocenters. The summed E-state index contributed by atoms with van der Waals surface area (Å²) in [6.45, 7) is 5.15. The molecule has 1 amide bonds. The highest BCUT2D eigenvalue weighted by atomic mass is 32.2. The van der Waals surface area contributed by atoms with Gasteiger partial charge in [-0.2, -0.15) is 4.31 Å². The van der Waals surface area contributed by atoms with E-state index < -0.39 is 15.3 Å². The predicted molar refractivity (Wildman–Crippen MR) is 103 cm³/mol. The minimum Gasteiger partial charge on any atom is -0.465 e. The van der Waals surface area contributed by atoms with E-state index in [-0.39, 0.29) is 22.5 Å². The van der Waals surface area contributed by atoms with Gasteiger partial charge in [-0.3, -0.25) is 9.59 Å². The van der Waals surface area contributed by atoms with Crippen molar-refractivity contribution in [2.75, 3.05) is 44.0 Å². The van der Waals surface area contributed by atoms with E-state index in [0.29, 0.717) is 38.6 Å². The molecule has 10 heteroatoms. The molecule has 150 valence electrons. The SMILES string of the molecule is CCOC(=O)CS[C@H](C)C(=O)Nc1ccc(S(=O)(=O)N2CCOCC2)cc1. The molecule has 0 aromatic heterocycles. The number of amides is 1. The highest BCUT2D eigenvalue weighted by Gasteiger charge is 2.26. The first-order valence-corrected chi connectivity index (χ1v) is 11.1. The van der Waals surface area contributed by atoms with Gasteiger partial charge in [-0.25, -0.2) is 8.42 Å². The van der Waals surface area contributed by atoms with Gasteiger partial charge in [-0.05, 0) is 38.1 Å². The first-order valence-electron chi connectivity index (χ1n) is 8.60. The molecule has 1 aromatic rings. The van der Waals surface area contributed by atoms with Crippen LogP contribution in [0.2, 0.25) is 0 Å². The summed E-state index contributed by atoms with van der Waals surface area (Å²) in [6.07, 6.45) is 0. The number of hydrogen-bond acceptors (Lipinski definition) is 7. The Morgan fingerprint density at radius 2 is 1.89 bits per heavy atom. The van der Waals surface area contributed by atoms with Crippen molar-refractivity contribution in [1.82, 2.24) is 4.31 Å². The van der Waals surface area contributed by atoms with Crippen LogP contribution < -0.4 is 5.32 Å². The molecule has 1 atom stereocenters. The van der Waals surface area contributed by atoms with Crippen LogP contribution >= 0.6 is 11.8 Å². The van der Waals surface area contributed by atoms with E-state index in [1.807, 2.05) is 0 Å². The Hall–Kier alpha value is -1.62. The fourth-order valence-corrected chi connectivity index (χ4v) is 4.45. The van der Waals surface area contributed by atoms with Crippen molar-refractivity contribution in [1.29, 1.82) is 0 Å². The minimum atomic E-state index is -3.56. The van der Waals surface area contributed by atoms with Crippen LogP contribution in [0.15, 0.2) is 29.2 Å². The zero-order chi connectivity index (χ0) is 19.9. The highest BCUT2D eigenvalue weighted by molar-refractivity contribution is 8.01. The Kier molecular flexibility index (Phi) is 8.08. The topological polar surface area (TPSA) is 102 Å². The number of morpholine rings is 1. The lowest BCUT2D eigenvalue weighted by Crippen LogP contribution is -2.40. The fourth-order valence-electron chi connectivity index (χ4n) is 2.36. The summed E-state index contributed by atoms with van der Waals surface area (Å²) in [7, 11) is -3.56. The Labute approximate surface area is 163 Å². The summed E-state index contributed by atoms with van der Waals surface area (Å²) in [5, 5.41) is 2.26. The molecular weight excluding hydrogens is 392 g/mol. The quantitative estimate of drug-likeness (QED) is 0.638. The van der Waals surface area contributed by atoms with Crippen LogP contribution in [-0.2, 0) is 29.1 Å². The lowest BCUT2D eigenvalue weighted by molar-refractivity contribution is -0.139. The third-order valence-electron chi connectivity index (χ3n) is 3.86. The molecule has 1 aromatic carbocycles. The molecule has 1 aliphatic heterocycles. The number of thioether (sulfide) groups is 1. The smallest absolute Gasteiger partial charge is 0.315 e. The van der Waals surface area contributed by atoms with Crippen LogP contribution in [0.25, 0.3) is 0 Å². The summed E-state index contributed by atoms with van der Waals surface area (Å²) in [5.74, 6) is -0.535. The molecule has 27 heavy (non-hydrogen) atoms. The van der Waals surface area contributed by atoms with Crippen molar-refractivity contribution >= 4 is 39.3 Å². The third kappa shape index (κ3) is 6.20. The van der Waals surface area contributed by atoms with Gasteiger partial charge in [0.05, 0.1) is 35.7 Å². The molecule has 0 aliphatic carbocycles. The van der Waals surface area contributed by atoms with E-state index in [2.05, 4.69) is 5.32 Å². The normalized spacial score (nSPS) is 16.5. The van der Waals surface area contributed by atoms with Gasteiger partial charge in [0, 0.05) is 18.8 Å². The van der Waals surface area contributed by atoms with Gasteiger partial charge in [0.25, 0.3) is 0 Å². The van der Waals surface area contributed by atoms with Crippen molar-refractivity contribution in [2.45, 2.75) is 24.0 Å². The number of carbonyl (C=O) groups is 2. The lowest BCUT2D eigenvalue weighted by atomic mass is 10.3. The van der Waals surface area contributed by atoms with Crippen LogP contribution in [0, 0.1) is 0 Å². The monoisotopic (exact) mass is 416 g/mol. The van der Waals surface area contributed by atoms with Crippen molar-refractivity contribution in [3.63, 3.8) is 0 Å². The van der Waals surface area contributed by atoms with Crippen molar-refractivity contribution in [2.24, 2.45) is 0 Å². The number of nitrogens with zero attached hydrogens (tertiary/aromatic N) is 1. The Balaban J connectivity index is 1.92. The molecule has 0 spiro atoms. The number of esters is 1. The Morgan fingerprint density at radius 1 is 1.26 bits per heavy atom. The van der Waals surface area contributed by atoms with Crippen LogP contribution in [0.1, 0.15) is 13.8 Å². The zero-order valence-electron chi connectivity index (χ0n) is 15.3. The van der Waals surface area contributed by atoms with Gasteiger partial charge in [0.2, 0.25) is 15.9 Å². The summed E-state index contributed by atoms with van der Waals surface area (Å²) in [5.41, 5.74) is 0.490. The number of nitrogens with one attached hydrogen (secondary N) is 1. The van der Waals surface area contributed by atoms with Crippen molar-refractivity contribution in [3.05, 3.63) is 24.3 Å². The van der Waals surface area contributed by atoms with E-state index in [4.69, 9.17) is 9.47 Å². The second-order valence-electron chi connectivity index (χ2n) is 5.79. The zero-order valence-corrected chi connectivity index (χ0v) is 17.0. The minimum absolute atomic E-state index is 0.0964. The first kappa shape index (κ1) is 21.7. The molecule has 0 bridgehead atoms. The lowest BCUT2D eigenvalue weighted by Gasteiger charge is -2.26. The molecular formula is C17H24N2O6S2. The average molecular weight is 417 g/mol. The second-order valence-corrected chi connectivity index (χ2v) is 9.06. The molecule has 1 heterocycles. The molecule has 0 radical (unpaired) electrons. The average Bonchev–Trinajstić information content (AvgIpc) is 2.67. The number of sulfonamides is 1. The maximum Gasteiger partial charge on any atom is 0.315 e.